The molecule has 0 atom stereocenters. The van der Waals surface area contributed by atoms with Gasteiger partial charge in [-0.25, -0.2) is 4.79 Å². The molecule has 1 fully saturated rings. The number of nitrogens with zero attached hydrogens (tertiary/aromatic N) is 2. The summed E-state index contributed by atoms with van der Waals surface area (Å²) in [5.41, 5.74) is -0.588. The molecule has 0 radical (unpaired) electrons. The van der Waals surface area contributed by atoms with Gasteiger partial charge in [0.1, 0.15) is 0 Å². The SMILES string of the molecule is CN(C(=O)N1CCC(CC(=O)O)CC1)C(C)(C)CO. The lowest BCUT2D eigenvalue weighted by molar-refractivity contribution is -0.138. The normalized spacial score (nSPS) is 17.4. The fraction of sp³-hybridized carbons (Fsp3) is 0.846. The van der Waals surface area contributed by atoms with Crippen molar-refractivity contribution >= 4 is 12.0 Å². The molecule has 110 valence electrons. The maximum Gasteiger partial charge on any atom is 0.320 e. The molecule has 2 N–H and O–H groups in total. The van der Waals surface area contributed by atoms with E-state index in [-0.39, 0.29) is 25.0 Å². The molecule has 2 amide bonds. The molecule has 0 saturated carbocycles. The third kappa shape index (κ3) is 4.09. The van der Waals surface area contributed by atoms with E-state index in [4.69, 9.17) is 5.11 Å². The molecule has 6 heteroatoms. The number of aliphatic hydroxyl groups is 1. The van der Waals surface area contributed by atoms with E-state index < -0.39 is 11.5 Å². The maximum absolute atomic E-state index is 12.3. The van der Waals surface area contributed by atoms with Gasteiger partial charge in [-0.3, -0.25) is 4.79 Å². The maximum atomic E-state index is 12.3. The van der Waals surface area contributed by atoms with Crippen LogP contribution < -0.4 is 0 Å². The molecular formula is C13H24N2O4. The standard InChI is InChI=1S/C13H24N2O4/c1-13(2,9-16)14(3)12(19)15-6-4-10(5-7-15)8-11(17)18/h10,16H,4-9H2,1-3H3,(H,17,18). The number of likely N-dealkylation sites (N-methyl/N-ethyl adjacent to an activating group) is 1. The molecule has 1 aliphatic rings. The van der Waals surface area contributed by atoms with Crippen LogP contribution in [0.25, 0.3) is 0 Å². The second-order valence-electron chi connectivity index (χ2n) is 5.84. The molecule has 1 saturated heterocycles. The van der Waals surface area contributed by atoms with Gasteiger partial charge in [-0.1, -0.05) is 0 Å². The first-order chi connectivity index (χ1) is 8.77. The highest BCUT2D eigenvalue weighted by Crippen LogP contribution is 2.22. The Morgan fingerprint density at radius 3 is 2.26 bits per heavy atom. The van der Waals surface area contributed by atoms with E-state index in [0.29, 0.717) is 13.1 Å². The highest BCUT2D eigenvalue weighted by Gasteiger charge is 2.32. The van der Waals surface area contributed by atoms with Crippen LogP contribution >= 0.6 is 0 Å². The first kappa shape index (κ1) is 15.8. The van der Waals surface area contributed by atoms with Crippen molar-refractivity contribution in [3.8, 4) is 0 Å². The van der Waals surface area contributed by atoms with Gasteiger partial charge in [-0.15, -0.1) is 0 Å². The molecule has 0 spiro atoms. The summed E-state index contributed by atoms with van der Waals surface area (Å²) < 4.78 is 0. The van der Waals surface area contributed by atoms with E-state index >= 15 is 0 Å². The number of urea groups is 1. The molecular weight excluding hydrogens is 248 g/mol. The molecule has 0 aliphatic carbocycles. The first-order valence-electron chi connectivity index (χ1n) is 6.63. The van der Waals surface area contributed by atoms with Crippen molar-refractivity contribution < 1.29 is 19.8 Å². The predicted molar refractivity (Wildman–Crippen MR) is 70.9 cm³/mol. The van der Waals surface area contributed by atoms with Gasteiger partial charge in [0.2, 0.25) is 0 Å². The smallest absolute Gasteiger partial charge is 0.320 e. The molecule has 6 nitrogen and oxygen atoms in total. The van der Waals surface area contributed by atoms with E-state index in [2.05, 4.69) is 0 Å². The quantitative estimate of drug-likeness (QED) is 0.800. The number of hydrogen-bond donors (Lipinski definition) is 2. The second-order valence-corrected chi connectivity index (χ2v) is 5.84. The lowest BCUT2D eigenvalue weighted by Gasteiger charge is -2.40. The Hall–Kier alpha value is -1.30. The Balaban J connectivity index is 2.51. The molecule has 0 unspecified atom stereocenters. The Bertz CT molecular complexity index is 336. The summed E-state index contributed by atoms with van der Waals surface area (Å²) in [5.74, 6) is -0.610. The van der Waals surface area contributed by atoms with Gasteiger partial charge in [0.05, 0.1) is 12.1 Å². The van der Waals surface area contributed by atoms with Crippen LogP contribution in [0.5, 0.6) is 0 Å². The average Bonchev–Trinajstić information content (AvgIpc) is 2.37. The predicted octanol–water partition coefficient (Wildman–Crippen LogP) is 0.996. The summed E-state index contributed by atoms with van der Waals surface area (Å²) in [7, 11) is 1.68. The number of carboxylic acid groups (broad SMARTS) is 1. The fourth-order valence-corrected chi connectivity index (χ4v) is 2.15. The molecule has 19 heavy (non-hydrogen) atoms. The molecule has 1 rings (SSSR count). The number of aliphatic hydroxyl groups excluding tert-OH is 1. The number of carboxylic acids is 1. The third-order valence-corrected chi connectivity index (χ3v) is 3.93. The zero-order valence-corrected chi connectivity index (χ0v) is 11.9. The topological polar surface area (TPSA) is 81.1 Å². The zero-order valence-electron chi connectivity index (χ0n) is 11.9. The van der Waals surface area contributed by atoms with Crippen molar-refractivity contribution in [1.29, 1.82) is 0 Å². The van der Waals surface area contributed by atoms with Crippen molar-refractivity contribution in [2.24, 2.45) is 5.92 Å². The summed E-state index contributed by atoms with van der Waals surface area (Å²) in [6.45, 7) is 4.69. The summed E-state index contributed by atoms with van der Waals surface area (Å²) in [4.78, 5) is 26.2. The average molecular weight is 272 g/mol. The number of carbonyl (C=O) groups excluding carboxylic acids is 1. The largest absolute Gasteiger partial charge is 0.481 e. The van der Waals surface area contributed by atoms with Crippen LogP contribution in [0.4, 0.5) is 4.79 Å². The number of likely N-dealkylation sites (tertiary alicyclic amines) is 1. The van der Waals surface area contributed by atoms with Crippen LogP contribution in [-0.2, 0) is 4.79 Å². The van der Waals surface area contributed by atoms with Crippen molar-refractivity contribution in [3.05, 3.63) is 0 Å². The molecule has 0 aromatic rings. The van der Waals surface area contributed by atoms with E-state index in [1.54, 1.807) is 16.8 Å². The highest BCUT2D eigenvalue weighted by atomic mass is 16.4. The van der Waals surface area contributed by atoms with Crippen molar-refractivity contribution in [2.75, 3.05) is 26.7 Å². The molecule has 1 heterocycles. The van der Waals surface area contributed by atoms with Gasteiger partial charge in [0, 0.05) is 26.6 Å². The van der Waals surface area contributed by atoms with Crippen LogP contribution in [0.2, 0.25) is 0 Å². The number of carbonyl (C=O) groups is 2. The van der Waals surface area contributed by atoms with Crippen molar-refractivity contribution in [3.63, 3.8) is 0 Å². The van der Waals surface area contributed by atoms with Crippen LogP contribution in [0.1, 0.15) is 33.1 Å². The van der Waals surface area contributed by atoms with E-state index in [9.17, 15) is 14.7 Å². The summed E-state index contributed by atoms with van der Waals surface area (Å²) in [6, 6.07) is -0.104. The molecule has 0 bridgehead atoms. The van der Waals surface area contributed by atoms with Gasteiger partial charge >= 0.3 is 12.0 Å². The van der Waals surface area contributed by atoms with Gasteiger partial charge in [-0.05, 0) is 32.6 Å². The number of piperidine rings is 1. The highest BCUT2D eigenvalue weighted by molar-refractivity contribution is 5.75. The molecule has 0 aromatic heterocycles. The van der Waals surface area contributed by atoms with Crippen LogP contribution in [-0.4, -0.2) is 64.3 Å². The first-order valence-corrected chi connectivity index (χ1v) is 6.63. The van der Waals surface area contributed by atoms with Gasteiger partial charge in [0.25, 0.3) is 0 Å². The minimum Gasteiger partial charge on any atom is -0.481 e. The van der Waals surface area contributed by atoms with Crippen LogP contribution in [0.3, 0.4) is 0 Å². The number of amides is 2. The lowest BCUT2D eigenvalue weighted by atomic mass is 9.94. The van der Waals surface area contributed by atoms with Crippen molar-refractivity contribution in [1.82, 2.24) is 9.80 Å². The summed E-state index contributed by atoms with van der Waals surface area (Å²) in [5, 5.41) is 18.0. The van der Waals surface area contributed by atoms with Gasteiger partial charge < -0.3 is 20.0 Å². The van der Waals surface area contributed by atoms with Crippen LogP contribution in [0.15, 0.2) is 0 Å². The third-order valence-electron chi connectivity index (χ3n) is 3.93. The summed E-state index contributed by atoms with van der Waals surface area (Å²) >= 11 is 0. The number of rotatable bonds is 4. The number of hydrogen-bond acceptors (Lipinski definition) is 3. The Labute approximate surface area is 114 Å². The number of aliphatic carboxylic acids is 1. The minimum absolute atomic E-state index is 0.0925. The molecule has 0 aromatic carbocycles. The van der Waals surface area contributed by atoms with E-state index in [0.717, 1.165) is 12.8 Å². The fourth-order valence-electron chi connectivity index (χ4n) is 2.15. The molecule has 1 aliphatic heterocycles. The Morgan fingerprint density at radius 2 is 1.84 bits per heavy atom. The Morgan fingerprint density at radius 1 is 1.32 bits per heavy atom. The van der Waals surface area contributed by atoms with Gasteiger partial charge in [-0.2, -0.15) is 0 Å². The van der Waals surface area contributed by atoms with Crippen LogP contribution in [0, 0.1) is 5.92 Å². The van der Waals surface area contributed by atoms with Gasteiger partial charge in [0.15, 0.2) is 0 Å². The zero-order chi connectivity index (χ0) is 14.6. The minimum atomic E-state index is -0.775. The summed E-state index contributed by atoms with van der Waals surface area (Å²) in [6.07, 6.45) is 1.64. The monoisotopic (exact) mass is 272 g/mol. The lowest BCUT2D eigenvalue weighted by Crippen LogP contribution is -2.54. The van der Waals surface area contributed by atoms with Crippen molar-refractivity contribution in [2.45, 2.75) is 38.6 Å². The van der Waals surface area contributed by atoms with E-state index in [1.165, 1.54) is 0 Å². The Kier molecular flexibility index (Phi) is 5.17. The second kappa shape index (κ2) is 6.23. The van der Waals surface area contributed by atoms with E-state index in [1.807, 2.05) is 13.8 Å².